The molecule has 0 unspecified atom stereocenters. The molecule has 0 aromatic carbocycles. The molecule has 0 atom stereocenters. The largest absolute Gasteiger partial charge is 0.300 e. The molecule has 0 bridgehead atoms. The zero-order chi connectivity index (χ0) is 5.11. The Morgan fingerprint density at radius 2 is 2.71 bits per heavy atom. The van der Waals surface area contributed by atoms with E-state index in [1.54, 1.807) is 0 Å². The van der Waals surface area contributed by atoms with Crippen molar-refractivity contribution in [3.05, 3.63) is 0 Å². The van der Waals surface area contributed by atoms with Crippen LogP contribution >= 0.6 is 0 Å². The lowest BCUT2D eigenvalue weighted by Crippen LogP contribution is -2.15. The Hall–Kier alpha value is -0.443. The van der Waals surface area contributed by atoms with Crippen LogP contribution in [0.25, 0.3) is 0 Å². The van der Waals surface area contributed by atoms with Crippen molar-refractivity contribution < 1.29 is 4.79 Å². The van der Waals surface area contributed by atoms with Gasteiger partial charge in [-0.25, -0.2) is 0 Å². The Balaban J connectivity index is 2.51. The van der Waals surface area contributed by atoms with Crippen molar-refractivity contribution in [2.45, 2.75) is 6.04 Å². The second-order valence-corrected chi connectivity index (χ2v) is 3.51. The zero-order valence-corrected chi connectivity index (χ0v) is 5.47. The number of rotatable bonds is 0. The average Bonchev–Trinajstić information content (AvgIpc) is 1.69. The lowest BCUT2D eigenvalue weighted by atomic mass is 10.7. The van der Waals surface area contributed by atoms with E-state index in [0.717, 1.165) is 12.6 Å². The standard InChI is InChI=1S/C4H7NOSi/c6-4-3-5-1-2-7-4/h3H,1-2,7H2. The molecule has 0 aromatic rings. The van der Waals surface area contributed by atoms with Gasteiger partial charge in [-0.15, -0.1) is 0 Å². The second kappa shape index (κ2) is 2.02. The van der Waals surface area contributed by atoms with Crippen LogP contribution in [-0.4, -0.2) is 27.7 Å². The molecule has 1 rings (SSSR count). The third-order valence-corrected chi connectivity index (χ3v) is 2.29. The quantitative estimate of drug-likeness (QED) is 0.378. The minimum Gasteiger partial charge on any atom is -0.300 e. The number of carbonyl (C=O) groups is 1. The molecular formula is C4H7NOSi. The van der Waals surface area contributed by atoms with Gasteiger partial charge < -0.3 is 0 Å². The maximum absolute atomic E-state index is 10.4. The molecule has 0 fully saturated rings. The fraction of sp³-hybridized carbons (Fsp3) is 0.500. The van der Waals surface area contributed by atoms with Gasteiger partial charge in [-0.2, -0.15) is 0 Å². The Bertz CT molecular complexity index is 110. The van der Waals surface area contributed by atoms with E-state index in [9.17, 15) is 4.79 Å². The molecule has 1 aliphatic rings. The molecule has 2 nitrogen and oxygen atoms in total. The van der Waals surface area contributed by atoms with Gasteiger partial charge in [0.15, 0.2) is 0 Å². The maximum atomic E-state index is 10.4. The summed E-state index contributed by atoms with van der Waals surface area (Å²) in [7, 11) is -0.355. The van der Waals surface area contributed by atoms with Crippen LogP contribution in [0.15, 0.2) is 4.99 Å². The third kappa shape index (κ3) is 1.23. The highest BCUT2D eigenvalue weighted by Crippen LogP contribution is 1.85. The van der Waals surface area contributed by atoms with E-state index in [4.69, 9.17) is 0 Å². The van der Waals surface area contributed by atoms with Gasteiger partial charge in [-0.1, -0.05) is 0 Å². The number of carbonyl (C=O) groups excluding carboxylic acids is 1. The molecule has 0 N–H and O–H groups in total. The van der Waals surface area contributed by atoms with Gasteiger partial charge in [0, 0.05) is 6.54 Å². The normalized spacial score (nSPS) is 23.7. The monoisotopic (exact) mass is 113 g/mol. The summed E-state index contributed by atoms with van der Waals surface area (Å²) >= 11 is 0. The fourth-order valence-electron chi connectivity index (χ4n) is 0.575. The first-order valence-corrected chi connectivity index (χ1v) is 4.13. The molecule has 0 aromatic heterocycles. The Labute approximate surface area is 44.5 Å². The van der Waals surface area contributed by atoms with Crippen molar-refractivity contribution in [1.29, 1.82) is 0 Å². The van der Waals surface area contributed by atoms with E-state index in [2.05, 4.69) is 4.99 Å². The number of hydrogen-bond donors (Lipinski definition) is 0. The van der Waals surface area contributed by atoms with Gasteiger partial charge in [0.1, 0.15) is 14.9 Å². The van der Waals surface area contributed by atoms with E-state index in [-0.39, 0.29) is 9.52 Å². The van der Waals surface area contributed by atoms with Gasteiger partial charge >= 0.3 is 0 Å². The third-order valence-electron chi connectivity index (χ3n) is 0.946. The van der Waals surface area contributed by atoms with Crippen LogP contribution in [0.3, 0.4) is 0 Å². The molecule has 0 aliphatic carbocycles. The lowest BCUT2D eigenvalue weighted by molar-refractivity contribution is -0.106. The first kappa shape index (κ1) is 4.71. The Morgan fingerprint density at radius 3 is 3.00 bits per heavy atom. The minimum absolute atomic E-state index is 0.311. The van der Waals surface area contributed by atoms with Crippen LogP contribution in [0.2, 0.25) is 6.04 Å². The van der Waals surface area contributed by atoms with Gasteiger partial charge in [0.2, 0.25) is 0 Å². The van der Waals surface area contributed by atoms with Crippen molar-refractivity contribution in [3.8, 4) is 0 Å². The van der Waals surface area contributed by atoms with E-state index in [1.165, 1.54) is 6.21 Å². The molecule has 3 heteroatoms. The number of aliphatic imine (C=N–C) groups is 1. The van der Waals surface area contributed by atoms with Gasteiger partial charge in [0.25, 0.3) is 0 Å². The van der Waals surface area contributed by atoms with Gasteiger partial charge in [-0.3, -0.25) is 9.79 Å². The molecule has 7 heavy (non-hydrogen) atoms. The summed E-state index contributed by atoms with van der Waals surface area (Å²) in [6.45, 7) is 0.901. The molecule has 0 amide bonds. The predicted molar refractivity (Wildman–Crippen MR) is 31.7 cm³/mol. The molecule has 38 valence electrons. The van der Waals surface area contributed by atoms with E-state index in [0.29, 0.717) is 5.41 Å². The highest BCUT2D eigenvalue weighted by molar-refractivity contribution is 6.86. The van der Waals surface area contributed by atoms with Gasteiger partial charge in [0.05, 0.1) is 6.21 Å². The highest BCUT2D eigenvalue weighted by Gasteiger charge is 2.00. The smallest absolute Gasteiger partial charge is 0.143 e. The summed E-state index contributed by atoms with van der Waals surface area (Å²) in [6.07, 6.45) is 1.48. The summed E-state index contributed by atoms with van der Waals surface area (Å²) in [6, 6.07) is 1.08. The molecule has 1 aliphatic heterocycles. The van der Waals surface area contributed by atoms with Crippen molar-refractivity contribution in [2.24, 2.45) is 4.99 Å². The first-order valence-electron chi connectivity index (χ1n) is 2.42. The van der Waals surface area contributed by atoms with E-state index < -0.39 is 0 Å². The van der Waals surface area contributed by atoms with Crippen LogP contribution in [0, 0.1) is 0 Å². The highest BCUT2D eigenvalue weighted by atomic mass is 28.2. The van der Waals surface area contributed by atoms with Crippen LogP contribution in [0.4, 0.5) is 0 Å². The average molecular weight is 113 g/mol. The molecule has 0 saturated heterocycles. The first-order chi connectivity index (χ1) is 3.39. The molecule has 0 saturated carbocycles. The number of nitrogens with zero attached hydrogens (tertiary/aromatic N) is 1. The predicted octanol–water partition coefficient (Wildman–Crippen LogP) is -0.816. The van der Waals surface area contributed by atoms with Crippen molar-refractivity contribution in [2.75, 3.05) is 6.54 Å². The van der Waals surface area contributed by atoms with Crippen LogP contribution in [0.5, 0.6) is 0 Å². The van der Waals surface area contributed by atoms with Crippen LogP contribution < -0.4 is 0 Å². The Morgan fingerprint density at radius 1 is 1.86 bits per heavy atom. The summed E-state index contributed by atoms with van der Waals surface area (Å²) in [5.74, 6) is 0. The van der Waals surface area contributed by atoms with Crippen LogP contribution in [0.1, 0.15) is 0 Å². The fourth-order valence-corrected chi connectivity index (χ4v) is 1.52. The molecule has 0 spiro atoms. The lowest BCUT2D eigenvalue weighted by Gasteiger charge is -1.96. The summed E-state index contributed by atoms with van der Waals surface area (Å²) in [5, 5.41) is 0.311. The maximum Gasteiger partial charge on any atom is 0.143 e. The van der Waals surface area contributed by atoms with Crippen molar-refractivity contribution in [1.82, 2.24) is 0 Å². The summed E-state index contributed by atoms with van der Waals surface area (Å²) in [4.78, 5) is 14.2. The SMILES string of the molecule is O=C1C=NCC[SiH2]1. The molecule has 1 heterocycles. The Kier molecular flexibility index (Phi) is 1.36. The van der Waals surface area contributed by atoms with Crippen LogP contribution in [-0.2, 0) is 4.79 Å². The van der Waals surface area contributed by atoms with E-state index >= 15 is 0 Å². The molecular weight excluding hydrogens is 106 g/mol. The number of hydrogen-bond acceptors (Lipinski definition) is 2. The van der Waals surface area contributed by atoms with Gasteiger partial charge in [-0.05, 0) is 6.04 Å². The minimum atomic E-state index is -0.355. The second-order valence-electron chi connectivity index (χ2n) is 1.61. The topological polar surface area (TPSA) is 29.4 Å². The summed E-state index contributed by atoms with van der Waals surface area (Å²) in [5.41, 5.74) is 0. The summed E-state index contributed by atoms with van der Waals surface area (Å²) < 4.78 is 0. The molecule has 0 radical (unpaired) electrons. The van der Waals surface area contributed by atoms with Crippen molar-refractivity contribution >= 4 is 21.1 Å². The van der Waals surface area contributed by atoms with E-state index in [1.807, 2.05) is 0 Å². The zero-order valence-electron chi connectivity index (χ0n) is 4.05. The van der Waals surface area contributed by atoms with Crippen molar-refractivity contribution in [3.63, 3.8) is 0 Å².